The molecule has 6 nitrogen and oxygen atoms in total. The van der Waals surface area contributed by atoms with Gasteiger partial charge in [0.1, 0.15) is 0 Å². The zero-order valence-corrected chi connectivity index (χ0v) is 17.5. The van der Waals surface area contributed by atoms with Crippen LogP contribution < -0.4 is 0 Å². The van der Waals surface area contributed by atoms with Crippen LogP contribution in [-0.4, -0.2) is 36.1 Å². The van der Waals surface area contributed by atoms with Crippen molar-refractivity contribution in [3.05, 3.63) is 83.4 Å². The van der Waals surface area contributed by atoms with Crippen LogP contribution in [0.3, 0.4) is 0 Å². The Kier molecular flexibility index (Phi) is 5.69. The number of hydrogen-bond acceptors (Lipinski definition) is 4. The van der Waals surface area contributed by atoms with Crippen LogP contribution in [0.2, 0.25) is 0 Å². The van der Waals surface area contributed by atoms with Crippen molar-refractivity contribution in [2.24, 2.45) is 0 Å². The van der Waals surface area contributed by atoms with Crippen molar-refractivity contribution in [3.63, 3.8) is 0 Å². The first-order chi connectivity index (χ1) is 14.2. The Hall–Kier alpha value is -3.03. The summed E-state index contributed by atoms with van der Waals surface area (Å²) in [6.07, 6.45) is 3.97. The van der Waals surface area contributed by atoms with Crippen LogP contribution >= 0.6 is 12.2 Å². The predicted octanol–water partition coefficient (Wildman–Crippen LogP) is 4.38. The van der Waals surface area contributed by atoms with Crippen molar-refractivity contribution < 1.29 is 0 Å². The molecular formula is C22H24N6S. The van der Waals surface area contributed by atoms with Gasteiger partial charge in [-0.3, -0.25) is 4.90 Å². The largest absolute Gasteiger partial charge is 0.300 e. The molecule has 0 saturated heterocycles. The van der Waals surface area contributed by atoms with Crippen LogP contribution in [0.15, 0.2) is 73.1 Å². The Morgan fingerprint density at radius 1 is 1.00 bits per heavy atom. The Labute approximate surface area is 175 Å². The Morgan fingerprint density at radius 3 is 2.38 bits per heavy atom. The van der Waals surface area contributed by atoms with Crippen molar-refractivity contribution in [1.29, 1.82) is 0 Å². The third kappa shape index (κ3) is 4.21. The van der Waals surface area contributed by atoms with Crippen molar-refractivity contribution >= 4 is 12.2 Å². The molecule has 7 heteroatoms. The predicted molar refractivity (Wildman–Crippen MR) is 117 cm³/mol. The number of para-hydroxylation sites is 1. The monoisotopic (exact) mass is 404 g/mol. The summed E-state index contributed by atoms with van der Waals surface area (Å²) in [7, 11) is 2.06. The van der Waals surface area contributed by atoms with Crippen LogP contribution in [0.5, 0.6) is 0 Å². The molecule has 148 valence electrons. The van der Waals surface area contributed by atoms with Crippen LogP contribution in [0.25, 0.3) is 17.1 Å². The third-order valence-electron chi connectivity index (χ3n) is 4.76. The molecule has 2 aromatic heterocycles. The van der Waals surface area contributed by atoms with E-state index in [9.17, 15) is 0 Å². The molecule has 0 unspecified atom stereocenters. The molecule has 4 aromatic rings. The molecule has 0 fully saturated rings. The summed E-state index contributed by atoms with van der Waals surface area (Å²) in [6.45, 7) is 4.25. The van der Waals surface area contributed by atoms with Gasteiger partial charge in [0.2, 0.25) is 0 Å². The van der Waals surface area contributed by atoms with Gasteiger partial charge in [0.05, 0.1) is 18.6 Å². The fraction of sp³-hybridized carbons (Fsp3) is 0.227. The van der Waals surface area contributed by atoms with Gasteiger partial charge >= 0.3 is 0 Å². The molecule has 0 N–H and O–H groups in total. The number of benzene rings is 2. The van der Waals surface area contributed by atoms with Gasteiger partial charge < -0.3 is 4.57 Å². The Balaban J connectivity index is 1.51. The molecule has 4 rings (SSSR count). The van der Waals surface area contributed by atoms with E-state index in [1.165, 1.54) is 0 Å². The van der Waals surface area contributed by atoms with E-state index in [1.807, 2.05) is 64.1 Å². The summed E-state index contributed by atoms with van der Waals surface area (Å²) in [6, 6.07) is 20.3. The molecule has 0 atom stereocenters. The number of nitrogens with zero attached hydrogens (tertiary/aromatic N) is 6. The summed E-state index contributed by atoms with van der Waals surface area (Å²) in [4.78, 5) is 2.18. The number of aromatic nitrogens is 5. The molecule has 2 heterocycles. The van der Waals surface area contributed by atoms with Crippen LogP contribution in [-0.2, 0) is 19.8 Å². The van der Waals surface area contributed by atoms with E-state index >= 15 is 0 Å². The lowest BCUT2D eigenvalue weighted by molar-refractivity contribution is 0.244. The van der Waals surface area contributed by atoms with E-state index < -0.39 is 0 Å². The average Bonchev–Trinajstić information content (AvgIpc) is 3.34. The van der Waals surface area contributed by atoms with E-state index in [4.69, 9.17) is 17.3 Å². The van der Waals surface area contributed by atoms with Gasteiger partial charge in [-0.25, -0.2) is 9.36 Å². The molecule has 0 amide bonds. The van der Waals surface area contributed by atoms with Gasteiger partial charge in [0.15, 0.2) is 10.6 Å². The van der Waals surface area contributed by atoms with E-state index in [2.05, 4.69) is 46.9 Å². The maximum Gasteiger partial charge on any atom is 0.199 e. The summed E-state index contributed by atoms with van der Waals surface area (Å²) >= 11 is 5.68. The fourth-order valence-corrected chi connectivity index (χ4v) is 3.69. The molecule has 0 aliphatic carbocycles. The zero-order chi connectivity index (χ0) is 20.2. The smallest absolute Gasteiger partial charge is 0.199 e. The normalized spacial score (nSPS) is 11.3. The number of hydrogen-bond donors (Lipinski definition) is 0. The van der Waals surface area contributed by atoms with Crippen molar-refractivity contribution in [1.82, 2.24) is 29.0 Å². The minimum Gasteiger partial charge on any atom is -0.300 e. The molecule has 0 aliphatic heterocycles. The minimum absolute atomic E-state index is 0.613. The maximum absolute atomic E-state index is 5.68. The Bertz CT molecular complexity index is 1130. The summed E-state index contributed by atoms with van der Waals surface area (Å²) in [5.74, 6) is 0.906. The van der Waals surface area contributed by atoms with Gasteiger partial charge in [0, 0.05) is 30.4 Å². The van der Waals surface area contributed by atoms with Crippen molar-refractivity contribution in [2.45, 2.75) is 26.7 Å². The first kappa shape index (κ1) is 19.3. The molecule has 2 aromatic carbocycles. The summed E-state index contributed by atoms with van der Waals surface area (Å²) in [5.41, 5.74) is 3.27. The Morgan fingerprint density at radius 2 is 1.69 bits per heavy atom. The second kappa shape index (κ2) is 8.55. The minimum atomic E-state index is 0.613. The SMILES string of the molecule is CCn1c(-c2ccccc2)nn(CN(C)Cc2cnn(-c3ccccc3)c2)c1=S. The lowest BCUT2D eigenvalue weighted by Crippen LogP contribution is -2.22. The van der Waals surface area contributed by atoms with Gasteiger partial charge in [0.25, 0.3) is 0 Å². The summed E-state index contributed by atoms with van der Waals surface area (Å²) in [5, 5.41) is 9.28. The van der Waals surface area contributed by atoms with E-state index in [0.717, 1.165) is 40.5 Å². The lowest BCUT2D eigenvalue weighted by Gasteiger charge is -2.15. The molecule has 0 bridgehead atoms. The van der Waals surface area contributed by atoms with Crippen LogP contribution in [0.1, 0.15) is 12.5 Å². The van der Waals surface area contributed by atoms with Crippen molar-refractivity contribution in [2.75, 3.05) is 7.05 Å². The van der Waals surface area contributed by atoms with E-state index in [1.54, 1.807) is 0 Å². The number of rotatable bonds is 7. The van der Waals surface area contributed by atoms with Gasteiger partial charge in [-0.15, -0.1) is 0 Å². The molecule has 0 spiro atoms. The highest BCUT2D eigenvalue weighted by Gasteiger charge is 2.13. The fourth-order valence-electron chi connectivity index (χ4n) is 3.37. The van der Waals surface area contributed by atoms with Gasteiger partial charge in [-0.2, -0.15) is 10.2 Å². The maximum atomic E-state index is 5.68. The van der Waals surface area contributed by atoms with Crippen LogP contribution in [0.4, 0.5) is 0 Å². The quantitative estimate of drug-likeness (QED) is 0.429. The zero-order valence-electron chi connectivity index (χ0n) is 16.6. The molecular weight excluding hydrogens is 380 g/mol. The lowest BCUT2D eigenvalue weighted by atomic mass is 10.2. The molecule has 0 saturated carbocycles. The highest BCUT2D eigenvalue weighted by atomic mass is 32.1. The average molecular weight is 405 g/mol. The molecule has 29 heavy (non-hydrogen) atoms. The van der Waals surface area contributed by atoms with Gasteiger partial charge in [-0.05, 0) is 38.3 Å². The second-order valence-corrected chi connectivity index (χ2v) is 7.37. The highest BCUT2D eigenvalue weighted by Crippen LogP contribution is 2.18. The third-order valence-corrected chi connectivity index (χ3v) is 5.19. The summed E-state index contributed by atoms with van der Waals surface area (Å²) < 4.78 is 6.60. The molecule has 0 aliphatic rings. The standard InChI is InChI=1S/C22H24N6S/c1-3-26-21(19-10-6-4-7-11-19)24-28(22(26)29)17-25(2)15-18-14-23-27(16-18)20-12-8-5-9-13-20/h4-14,16H,3,15,17H2,1-2H3. The van der Waals surface area contributed by atoms with E-state index in [-0.39, 0.29) is 0 Å². The van der Waals surface area contributed by atoms with Crippen molar-refractivity contribution in [3.8, 4) is 17.1 Å². The first-order valence-corrected chi connectivity index (χ1v) is 10.1. The molecule has 0 radical (unpaired) electrons. The van der Waals surface area contributed by atoms with Crippen LogP contribution in [0, 0.1) is 4.77 Å². The van der Waals surface area contributed by atoms with E-state index in [0.29, 0.717) is 6.67 Å². The van der Waals surface area contributed by atoms with Gasteiger partial charge in [-0.1, -0.05) is 48.5 Å². The topological polar surface area (TPSA) is 43.8 Å². The first-order valence-electron chi connectivity index (χ1n) is 9.66. The second-order valence-electron chi connectivity index (χ2n) is 7.00. The highest BCUT2D eigenvalue weighted by molar-refractivity contribution is 7.71.